The van der Waals surface area contributed by atoms with Crippen LogP contribution in [0.2, 0.25) is 0 Å². The van der Waals surface area contributed by atoms with Crippen LogP contribution in [0.1, 0.15) is 30.7 Å². The molecule has 1 aromatic rings. The first-order chi connectivity index (χ1) is 9.37. The van der Waals surface area contributed by atoms with Gasteiger partial charge in [0.15, 0.2) is 0 Å². The molecular formula is C13H18NO5P. The van der Waals surface area contributed by atoms with Crippen LogP contribution < -0.4 is 5.32 Å². The van der Waals surface area contributed by atoms with Gasteiger partial charge in [-0.3, -0.25) is 4.57 Å². The number of fused-ring (bicyclic) bond motifs is 1. The molecule has 1 heterocycles. The average molecular weight is 299 g/mol. The van der Waals surface area contributed by atoms with E-state index in [1.54, 1.807) is 0 Å². The van der Waals surface area contributed by atoms with E-state index in [9.17, 15) is 9.36 Å². The molecule has 2 unspecified atom stereocenters. The Bertz CT molecular complexity index is 541. The third kappa shape index (κ3) is 3.82. The molecule has 0 spiro atoms. The van der Waals surface area contributed by atoms with E-state index < -0.39 is 19.6 Å². The molecule has 1 aromatic carbocycles. The minimum absolute atomic E-state index is 0.0140. The molecule has 0 saturated carbocycles. The number of para-hydroxylation sites is 1. The number of rotatable bonds is 5. The molecule has 0 aromatic heterocycles. The van der Waals surface area contributed by atoms with E-state index in [0.29, 0.717) is 19.3 Å². The maximum Gasteiger partial charge on any atom is 0.326 e. The molecule has 0 amide bonds. The summed E-state index contributed by atoms with van der Waals surface area (Å²) in [5, 5.41) is 12.1. The topological polar surface area (TPSA) is 107 Å². The number of carboxylic acid groups (broad SMARTS) is 1. The quantitative estimate of drug-likeness (QED) is 0.619. The molecule has 4 N–H and O–H groups in total. The molecule has 1 aliphatic heterocycles. The van der Waals surface area contributed by atoms with Crippen molar-refractivity contribution in [1.82, 2.24) is 0 Å². The van der Waals surface area contributed by atoms with Crippen molar-refractivity contribution in [3.05, 3.63) is 29.8 Å². The van der Waals surface area contributed by atoms with Crippen LogP contribution in [0.15, 0.2) is 24.3 Å². The second-order valence-corrected chi connectivity index (χ2v) is 6.86. The van der Waals surface area contributed by atoms with Crippen molar-refractivity contribution < 1.29 is 24.3 Å². The summed E-state index contributed by atoms with van der Waals surface area (Å²) >= 11 is 0. The van der Waals surface area contributed by atoms with Crippen molar-refractivity contribution in [3.63, 3.8) is 0 Å². The van der Waals surface area contributed by atoms with E-state index in [4.69, 9.17) is 14.9 Å². The highest BCUT2D eigenvalue weighted by Gasteiger charge is 2.30. The van der Waals surface area contributed by atoms with Crippen molar-refractivity contribution in [2.24, 2.45) is 0 Å². The first kappa shape index (κ1) is 15.0. The van der Waals surface area contributed by atoms with E-state index >= 15 is 0 Å². The number of nitrogens with one attached hydrogen (secondary N) is 1. The molecule has 2 atom stereocenters. The van der Waals surface area contributed by atoms with Crippen LogP contribution in [-0.2, 0) is 9.36 Å². The van der Waals surface area contributed by atoms with Crippen LogP contribution in [0.4, 0.5) is 5.69 Å². The molecule has 0 saturated heterocycles. The number of hydrogen-bond donors (Lipinski definition) is 4. The van der Waals surface area contributed by atoms with Crippen molar-refractivity contribution in [1.29, 1.82) is 0 Å². The van der Waals surface area contributed by atoms with Crippen LogP contribution in [-0.4, -0.2) is 33.1 Å². The molecule has 20 heavy (non-hydrogen) atoms. The largest absolute Gasteiger partial charge is 0.480 e. The molecule has 0 radical (unpaired) electrons. The predicted molar refractivity (Wildman–Crippen MR) is 75.0 cm³/mol. The van der Waals surface area contributed by atoms with Gasteiger partial charge in [-0.2, -0.15) is 0 Å². The lowest BCUT2D eigenvalue weighted by Crippen LogP contribution is -2.35. The van der Waals surface area contributed by atoms with E-state index in [1.807, 2.05) is 24.3 Å². The third-order valence-electron chi connectivity index (χ3n) is 3.55. The van der Waals surface area contributed by atoms with Crippen LogP contribution in [0, 0.1) is 0 Å². The number of carbonyl (C=O) groups is 1. The van der Waals surface area contributed by atoms with Gasteiger partial charge in [0.2, 0.25) is 0 Å². The number of carboxylic acids is 1. The van der Waals surface area contributed by atoms with Gasteiger partial charge in [-0.1, -0.05) is 18.2 Å². The van der Waals surface area contributed by atoms with Crippen LogP contribution in [0.25, 0.3) is 0 Å². The summed E-state index contributed by atoms with van der Waals surface area (Å²) in [4.78, 5) is 28.9. The normalized spacial score (nSPS) is 21.9. The summed E-state index contributed by atoms with van der Waals surface area (Å²) in [6.07, 6.45) is 1.24. The van der Waals surface area contributed by atoms with E-state index in [1.165, 1.54) is 0 Å². The molecule has 6 nitrogen and oxygen atoms in total. The Balaban J connectivity index is 2.10. The predicted octanol–water partition coefficient (Wildman–Crippen LogP) is 2.00. The molecule has 0 bridgehead atoms. The van der Waals surface area contributed by atoms with Gasteiger partial charge in [-0.05, 0) is 36.8 Å². The zero-order valence-corrected chi connectivity index (χ0v) is 11.8. The maximum atomic E-state index is 11.2. The SMILES string of the molecule is O=C(O)C1CC(CCCP(=O)(O)O)c2ccccc2N1. The summed E-state index contributed by atoms with van der Waals surface area (Å²) in [5.41, 5.74) is 1.82. The molecule has 7 heteroatoms. The Morgan fingerprint density at radius 1 is 1.35 bits per heavy atom. The van der Waals surface area contributed by atoms with Crippen LogP contribution in [0.5, 0.6) is 0 Å². The Morgan fingerprint density at radius 2 is 2.05 bits per heavy atom. The van der Waals surface area contributed by atoms with Gasteiger partial charge in [-0.15, -0.1) is 0 Å². The number of hydrogen-bond acceptors (Lipinski definition) is 3. The molecule has 0 fully saturated rings. The van der Waals surface area contributed by atoms with Gasteiger partial charge >= 0.3 is 13.6 Å². The lowest BCUT2D eigenvalue weighted by atomic mass is 9.84. The van der Waals surface area contributed by atoms with Gasteiger partial charge in [0, 0.05) is 11.8 Å². The highest BCUT2D eigenvalue weighted by molar-refractivity contribution is 7.51. The van der Waals surface area contributed by atoms with E-state index in [-0.39, 0.29) is 12.1 Å². The standard InChI is InChI=1S/C13H18NO5P/c15-13(16)12-8-9(4-3-7-20(17,18)19)10-5-1-2-6-11(10)14-12/h1-2,5-6,9,12,14H,3-4,7-8H2,(H,15,16)(H2,17,18,19). The van der Waals surface area contributed by atoms with E-state index in [0.717, 1.165) is 11.3 Å². The van der Waals surface area contributed by atoms with Gasteiger partial charge in [0.1, 0.15) is 6.04 Å². The summed E-state index contributed by atoms with van der Waals surface area (Å²) in [6.45, 7) is 0. The Morgan fingerprint density at radius 3 is 2.70 bits per heavy atom. The van der Waals surface area contributed by atoms with Gasteiger partial charge in [0.25, 0.3) is 0 Å². The first-order valence-electron chi connectivity index (χ1n) is 6.49. The molecule has 110 valence electrons. The molecule has 2 rings (SSSR count). The minimum Gasteiger partial charge on any atom is -0.480 e. The van der Waals surface area contributed by atoms with Crippen molar-refractivity contribution in [3.8, 4) is 0 Å². The molecule has 0 aliphatic carbocycles. The Labute approximate surface area is 117 Å². The zero-order valence-electron chi connectivity index (χ0n) is 10.9. The van der Waals surface area contributed by atoms with Gasteiger partial charge < -0.3 is 20.2 Å². The van der Waals surface area contributed by atoms with Crippen LogP contribution in [0.3, 0.4) is 0 Å². The van der Waals surface area contributed by atoms with Crippen molar-refractivity contribution >= 4 is 19.3 Å². The second kappa shape index (κ2) is 5.95. The molecular weight excluding hydrogens is 281 g/mol. The fraction of sp³-hybridized carbons (Fsp3) is 0.462. The van der Waals surface area contributed by atoms with Crippen molar-refractivity contribution in [2.45, 2.75) is 31.2 Å². The average Bonchev–Trinajstić information content (AvgIpc) is 2.36. The monoisotopic (exact) mass is 299 g/mol. The van der Waals surface area contributed by atoms with Crippen LogP contribution >= 0.6 is 7.60 Å². The lowest BCUT2D eigenvalue weighted by Gasteiger charge is -2.31. The minimum atomic E-state index is -3.98. The summed E-state index contributed by atoms with van der Waals surface area (Å²) in [7, 11) is -3.98. The highest BCUT2D eigenvalue weighted by Crippen LogP contribution is 2.40. The summed E-state index contributed by atoms with van der Waals surface area (Å²) in [6, 6.07) is 6.84. The number of aliphatic carboxylic acids is 1. The fourth-order valence-electron chi connectivity index (χ4n) is 2.62. The van der Waals surface area contributed by atoms with E-state index in [2.05, 4.69) is 5.32 Å². The molecule has 1 aliphatic rings. The zero-order chi connectivity index (χ0) is 14.8. The summed E-state index contributed by atoms with van der Waals surface area (Å²) < 4.78 is 10.9. The van der Waals surface area contributed by atoms with Gasteiger partial charge in [-0.25, -0.2) is 4.79 Å². The summed E-state index contributed by atoms with van der Waals surface area (Å²) in [5.74, 6) is -0.889. The second-order valence-electron chi connectivity index (χ2n) is 5.09. The fourth-order valence-corrected chi connectivity index (χ4v) is 3.22. The Hall–Kier alpha value is -1.36. The first-order valence-corrected chi connectivity index (χ1v) is 8.29. The van der Waals surface area contributed by atoms with Crippen molar-refractivity contribution in [2.75, 3.05) is 11.5 Å². The smallest absolute Gasteiger partial charge is 0.326 e. The van der Waals surface area contributed by atoms with Gasteiger partial charge in [0.05, 0.1) is 0 Å². The number of anilines is 1. The third-order valence-corrected chi connectivity index (χ3v) is 4.45. The highest BCUT2D eigenvalue weighted by atomic mass is 31.2. The lowest BCUT2D eigenvalue weighted by molar-refractivity contribution is -0.138. The maximum absolute atomic E-state index is 11.2. The Kier molecular flexibility index (Phi) is 4.48. The number of benzene rings is 1.